The number of carboxylic acid groups (broad SMARTS) is 1. The molecular weight excluding hydrogens is 286 g/mol. The molecular formula is C10H19N5O4S. The molecule has 1 rings (SSSR count). The summed E-state index contributed by atoms with van der Waals surface area (Å²) in [5.41, 5.74) is 0.360. The zero-order chi connectivity index (χ0) is 15.2. The van der Waals surface area contributed by atoms with Gasteiger partial charge in [-0.3, -0.25) is 4.79 Å². The van der Waals surface area contributed by atoms with Crippen LogP contribution in [0.15, 0.2) is 6.20 Å². The number of carbonyl (C=O) groups is 1. The van der Waals surface area contributed by atoms with Gasteiger partial charge in [-0.2, -0.15) is 17.4 Å². The quantitative estimate of drug-likeness (QED) is 0.631. The zero-order valence-corrected chi connectivity index (χ0v) is 12.3. The smallest absolute Gasteiger partial charge is 0.325 e. The number of nitrogens with zero attached hydrogens (tertiary/aromatic N) is 4. The summed E-state index contributed by atoms with van der Waals surface area (Å²) in [4.78, 5) is 10.5. The first-order valence-corrected chi connectivity index (χ1v) is 7.61. The first kappa shape index (κ1) is 16.5. The van der Waals surface area contributed by atoms with Crippen LogP contribution in [0.1, 0.15) is 25.5 Å². The van der Waals surface area contributed by atoms with E-state index in [9.17, 15) is 13.2 Å². The molecule has 20 heavy (non-hydrogen) atoms. The normalized spacial score (nSPS) is 11.9. The van der Waals surface area contributed by atoms with Gasteiger partial charge in [0, 0.05) is 13.6 Å². The van der Waals surface area contributed by atoms with Crippen LogP contribution in [0.2, 0.25) is 0 Å². The van der Waals surface area contributed by atoms with Crippen LogP contribution < -0.4 is 4.72 Å². The Labute approximate surface area is 117 Å². The first-order valence-electron chi connectivity index (χ1n) is 6.17. The molecule has 10 heteroatoms. The van der Waals surface area contributed by atoms with Gasteiger partial charge in [0.25, 0.3) is 10.2 Å². The average Bonchev–Trinajstić information content (AvgIpc) is 2.80. The number of aliphatic carboxylic acids is 1. The lowest BCUT2D eigenvalue weighted by Gasteiger charge is -2.16. The number of rotatable bonds is 9. The van der Waals surface area contributed by atoms with Gasteiger partial charge in [-0.05, 0) is 6.42 Å². The molecule has 1 aromatic heterocycles. The second-order valence-corrected chi connectivity index (χ2v) is 6.16. The monoisotopic (exact) mass is 305 g/mol. The van der Waals surface area contributed by atoms with E-state index < -0.39 is 16.2 Å². The number of unbranched alkanes of at least 4 members (excludes halogenated alkanes) is 1. The van der Waals surface area contributed by atoms with E-state index in [1.165, 1.54) is 17.5 Å². The van der Waals surface area contributed by atoms with E-state index in [0.29, 0.717) is 12.2 Å². The molecule has 2 N–H and O–H groups in total. The second-order valence-electron chi connectivity index (χ2n) is 4.30. The molecule has 1 aromatic rings. The summed E-state index contributed by atoms with van der Waals surface area (Å²) in [5.74, 6) is -1.04. The van der Waals surface area contributed by atoms with Crippen LogP contribution in [0.3, 0.4) is 0 Å². The molecule has 0 radical (unpaired) electrons. The van der Waals surface area contributed by atoms with Crippen LogP contribution in [-0.4, -0.2) is 52.4 Å². The van der Waals surface area contributed by atoms with Crippen molar-refractivity contribution in [1.82, 2.24) is 24.0 Å². The van der Waals surface area contributed by atoms with Crippen LogP contribution in [0.5, 0.6) is 0 Å². The maximum atomic E-state index is 11.9. The van der Waals surface area contributed by atoms with Gasteiger partial charge >= 0.3 is 5.97 Å². The van der Waals surface area contributed by atoms with Crippen molar-refractivity contribution in [3.63, 3.8) is 0 Å². The lowest BCUT2D eigenvalue weighted by molar-refractivity contribution is -0.137. The van der Waals surface area contributed by atoms with Gasteiger partial charge in [0.1, 0.15) is 6.54 Å². The van der Waals surface area contributed by atoms with Gasteiger partial charge in [-0.25, -0.2) is 4.68 Å². The Kier molecular flexibility index (Phi) is 6.05. The van der Waals surface area contributed by atoms with Crippen LogP contribution in [-0.2, 0) is 28.1 Å². The van der Waals surface area contributed by atoms with Crippen molar-refractivity contribution in [2.24, 2.45) is 0 Å². The Morgan fingerprint density at radius 1 is 1.55 bits per heavy atom. The van der Waals surface area contributed by atoms with E-state index in [1.54, 1.807) is 0 Å². The van der Waals surface area contributed by atoms with Crippen molar-refractivity contribution in [2.75, 3.05) is 13.6 Å². The van der Waals surface area contributed by atoms with Crippen LogP contribution in [0, 0.1) is 0 Å². The van der Waals surface area contributed by atoms with Crippen LogP contribution in [0.4, 0.5) is 0 Å². The van der Waals surface area contributed by atoms with E-state index in [4.69, 9.17) is 5.11 Å². The van der Waals surface area contributed by atoms with Crippen molar-refractivity contribution in [3.05, 3.63) is 11.9 Å². The van der Waals surface area contributed by atoms with E-state index in [-0.39, 0.29) is 13.1 Å². The molecule has 0 spiro atoms. The highest BCUT2D eigenvalue weighted by atomic mass is 32.2. The van der Waals surface area contributed by atoms with E-state index >= 15 is 0 Å². The lowest BCUT2D eigenvalue weighted by Crippen LogP contribution is -2.38. The number of hydrogen-bond donors (Lipinski definition) is 2. The highest BCUT2D eigenvalue weighted by molar-refractivity contribution is 7.87. The minimum atomic E-state index is -3.55. The fraction of sp³-hybridized carbons (Fsp3) is 0.700. The highest BCUT2D eigenvalue weighted by Gasteiger charge is 2.17. The summed E-state index contributed by atoms with van der Waals surface area (Å²) in [7, 11) is -2.06. The van der Waals surface area contributed by atoms with Gasteiger partial charge in [0.05, 0.1) is 18.4 Å². The summed E-state index contributed by atoms with van der Waals surface area (Å²) in [6.45, 7) is 2.08. The van der Waals surface area contributed by atoms with Gasteiger partial charge in [-0.1, -0.05) is 18.6 Å². The first-order chi connectivity index (χ1) is 9.35. The summed E-state index contributed by atoms with van der Waals surface area (Å²) >= 11 is 0. The summed E-state index contributed by atoms with van der Waals surface area (Å²) in [6.07, 6.45) is 3.08. The zero-order valence-electron chi connectivity index (χ0n) is 11.5. The third kappa shape index (κ3) is 5.23. The molecule has 0 aliphatic carbocycles. The molecule has 0 saturated carbocycles. The van der Waals surface area contributed by atoms with Gasteiger partial charge in [0.15, 0.2) is 0 Å². The Morgan fingerprint density at radius 2 is 2.25 bits per heavy atom. The maximum Gasteiger partial charge on any atom is 0.325 e. The molecule has 0 fully saturated rings. The van der Waals surface area contributed by atoms with Gasteiger partial charge in [0.2, 0.25) is 0 Å². The molecule has 0 aliphatic rings. The maximum absolute atomic E-state index is 11.9. The number of carboxylic acids is 1. The predicted octanol–water partition coefficient (Wildman–Crippen LogP) is -0.571. The van der Waals surface area contributed by atoms with E-state index in [0.717, 1.165) is 17.5 Å². The van der Waals surface area contributed by atoms with Crippen LogP contribution in [0.25, 0.3) is 0 Å². The number of nitrogens with one attached hydrogen (secondary N) is 1. The van der Waals surface area contributed by atoms with E-state index in [1.807, 2.05) is 6.92 Å². The largest absolute Gasteiger partial charge is 0.480 e. The number of aromatic nitrogens is 3. The van der Waals surface area contributed by atoms with Gasteiger partial charge in [-0.15, -0.1) is 5.10 Å². The molecule has 0 atom stereocenters. The topological polar surface area (TPSA) is 117 Å². The fourth-order valence-electron chi connectivity index (χ4n) is 1.41. The number of hydrogen-bond acceptors (Lipinski definition) is 5. The Bertz CT molecular complexity index is 542. The third-order valence-corrected chi connectivity index (χ3v) is 4.07. The SMILES string of the molecule is CCCCN(C)S(=O)(=O)NCc1cn(CC(=O)O)nn1. The van der Waals surface area contributed by atoms with Crippen molar-refractivity contribution in [2.45, 2.75) is 32.9 Å². The molecule has 1 heterocycles. The highest BCUT2D eigenvalue weighted by Crippen LogP contribution is 2.00. The third-order valence-electron chi connectivity index (χ3n) is 2.56. The Balaban J connectivity index is 2.53. The summed E-state index contributed by atoms with van der Waals surface area (Å²) < 4.78 is 28.5. The Hall–Kier alpha value is -1.52. The predicted molar refractivity (Wildman–Crippen MR) is 71.0 cm³/mol. The lowest BCUT2D eigenvalue weighted by atomic mass is 10.3. The Morgan fingerprint density at radius 3 is 2.85 bits per heavy atom. The van der Waals surface area contributed by atoms with Crippen molar-refractivity contribution in [1.29, 1.82) is 0 Å². The molecule has 0 bridgehead atoms. The molecule has 0 saturated heterocycles. The minimum absolute atomic E-state index is 0.0293. The van der Waals surface area contributed by atoms with E-state index in [2.05, 4.69) is 15.0 Å². The average molecular weight is 305 g/mol. The summed E-state index contributed by atoms with van der Waals surface area (Å²) in [5, 5.41) is 15.9. The fourth-order valence-corrected chi connectivity index (χ4v) is 2.33. The summed E-state index contributed by atoms with van der Waals surface area (Å²) in [6, 6.07) is 0. The molecule has 9 nitrogen and oxygen atoms in total. The molecule has 114 valence electrons. The standard InChI is InChI=1S/C10H19N5O4S/c1-3-4-5-14(2)20(18,19)11-6-9-7-15(13-12-9)8-10(16)17/h7,11H,3-6,8H2,1-2H3,(H,16,17). The van der Waals surface area contributed by atoms with Crippen molar-refractivity contribution in [3.8, 4) is 0 Å². The van der Waals surface area contributed by atoms with Gasteiger partial charge < -0.3 is 5.11 Å². The molecule has 0 aliphatic heterocycles. The minimum Gasteiger partial charge on any atom is -0.480 e. The molecule has 0 unspecified atom stereocenters. The molecule has 0 aromatic carbocycles. The van der Waals surface area contributed by atoms with Crippen molar-refractivity contribution < 1.29 is 18.3 Å². The molecule has 0 amide bonds. The van der Waals surface area contributed by atoms with Crippen molar-refractivity contribution >= 4 is 16.2 Å². The second kappa shape index (κ2) is 7.31. The van der Waals surface area contributed by atoms with Crippen LogP contribution >= 0.6 is 0 Å².